The molecule has 0 saturated heterocycles. The number of fused-ring (bicyclic) bond motifs is 1. The molecule has 0 unspecified atom stereocenters. The molecule has 0 saturated carbocycles. The van der Waals surface area contributed by atoms with E-state index in [9.17, 15) is 15.0 Å². The number of carbonyl (C=O) groups is 1. The Labute approximate surface area is 123 Å². The van der Waals surface area contributed by atoms with E-state index in [2.05, 4.69) is 4.98 Å². The number of amides is 1. The van der Waals surface area contributed by atoms with E-state index < -0.39 is 5.41 Å². The van der Waals surface area contributed by atoms with Gasteiger partial charge >= 0.3 is 0 Å². The van der Waals surface area contributed by atoms with Crippen LogP contribution in [0.3, 0.4) is 0 Å². The normalized spacial score (nSPS) is 11.6. The standard InChI is InChI=1S/C16H20N2O3/c1-16(10-19,11-20)9-18(2)15(21)14-8-7-12-5-3-4-6-13(12)17-14/h3-8,19-20H,9-11H2,1-2H3. The number of benzene rings is 1. The third-order valence-electron chi connectivity index (χ3n) is 3.55. The van der Waals surface area contributed by atoms with Gasteiger partial charge in [0.15, 0.2) is 0 Å². The average molecular weight is 288 g/mol. The highest BCUT2D eigenvalue weighted by molar-refractivity contribution is 5.94. The number of hydrogen-bond donors (Lipinski definition) is 2. The van der Waals surface area contributed by atoms with Crippen LogP contribution in [0, 0.1) is 5.41 Å². The van der Waals surface area contributed by atoms with Gasteiger partial charge in [-0.15, -0.1) is 0 Å². The van der Waals surface area contributed by atoms with Crippen LogP contribution in [0.5, 0.6) is 0 Å². The second kappa shape index (κ2) is 6.20. The monoisotopic (exact) mass is 288 g/mol. The summed E-state index contributed by atoms with van der Waals surface area (Å²) in [7, 11) is 1.64. The molecule has 0 aliphatic carbocycles. The lowest BCUT2D eigenvalue weighted by Crippen LogP contribution is -2.41. The van der Waals surface area contributed by atoms with Gasteiger partial charge in [0.05, 0.1) is 18.7 Å². The van der Waals surface area contributed by atoms with Crippen molar-refractivity contribution in [2.45, 2.75) is 6.92 Å². The first-order valence-corrected chi connectivity index (χ1v) is 6.82. The second-order valence-electron chi connectivity index (χ2n) is 5.68. The van der Waals surface area contributed by atoms with Crippen molar-refractivity contribution in [3.63, 3.8) is 0 Å². The highest BCUT2D eigenvalue weighted by Crippen LogP contribution is 2.18. The van der Waals surface area contributed by atoms with E-state index in [1.54, 1.807) is 20.0 Å². The van der Waals surface area contributed by atoms with E-state index in [4.69, 9.17) is 0 Å². The van der Waals surface area contributed by atoms with Gasteiger partial charge in [-0.05, 0) is 12.1 Å². The fraction of sp³-hybridized carbons (Fsp3) is 0.375. The largest absolute Gasteiger partial charge is 0.396 e. The van der Waals surface area contributed by atoms with Gasteiger partial charge in [-0.2, -0.15) is 0 Å². The summed E-state index contributed by atoms with van der Waals surface area (Å²) < 4.78 is 0. The van der Waals surface area contributed by atoms with Crippen molar-refractivity contribution in [1.82, 2.24) is 9.88 Å². The smallest absolute Gasteiger partial charge is 0.272 e. The van der Waals surface area contributed by atoms with Crippen molar-refractivity contribution in [2.24, 2.45) is 5.41 Å². The van der Waals surface area contributed by atoms with Gasteiger partial charge in [0.25, 0.3) is 5.91 Å². The van der Waals surface area contributed by atoms with E-state index in [0.29, 0.717) is 5.69 Å². The lowest BCUT2D eigenvalue weighted by atomic mass is 9.92. The first-order valence-electron chi connectivity index (χ1n) is 6.82. The molecule has 0 aliphatic heterocycles. The molecule has 1 amide bonds. The molecule has 5 heteroatoms. The van der Waals surface area contributed by atoms with Crippen LogP contribution in [0.15, 0.2) is 36.4 Å². The quantitative estimate of drug-likeness (QED) is 0.869. The summed E-state index contributed by atoms with van der Waals surface area (Å²) >= 11 is 0. The zero-order valence-electron chi connectivity index (χ0n) is 12.3. The van der Waals surface area contributed by atoms with Crippen molar-refractivity contribution in [3.8, 4) is 0 Å². The van der Waals surface area contributed by atoms with Crippen LogP contribution in [-0.4, -0.2) is 52.8 Å². The molecule has 0 aliphatic rings. The molecule has 0 bridgehead atoms. The molecular formula is C16H20N2O3. The molecule has 2 aromatic rings. The fourth-order valence-electron chi connectivity index (χ4n) is 2.18. The third-order valence-corrected chi connectivity index (χ3v) is 3.55. The Kier molecular flexibility index (Phi) is 4.55. The van der Waals surface area contributed by atoms with Crippen LogP contribution in [0.1, 0.15) is 17.4 Å². The maximum absolute atomic E-state index is 12.4. The highest BCUT2D eigenvalue weighted by Gasteiger charge is 2.27. The predicted molar refractivity (Wildman–Crippen MR) is 81.0 cm³/mol. The van der Waals surface area contributed by atoms with Gasteiger partial charge < -0.3 is 15.1 Å². The van der Waals surface area contributed by atoms with Gasteiger partial charge in [-0.3, -0.25) is 4.79 Å². The van der Waals surface area contributed by atoms with Crippen LogP contribution in [0.25, 0.3) is 10.9 Å². The van der Waals surface area contributed by atoms with Crippen LogP contribution in [0.2, 0.25) is 0 Å². The number of nitrogens with zero attached hydrogens (tertiary/aromatic N) is 2. The second-order valence-corrected chi connectivity index (χ2v) is 5.68. The Morgan fingerprint density at radius 2 is 1.86 bits per heavy atom. The Hall–Kier alpha value is -1.98. The van der Waals surface area contributed by atoms with Gasteiger partial charge in [0.2, 0.25) is 0 Å². The number of rotatable bonds is 5. The molecule has 1 aromatic carbocycles. The van der Waals surface area contributed by atoms with E-state index in [1.165, 1.54) is 4.90 Å². The third kappa shape index (κ3) is 3.37. The van der Waals surface area contributed by atoms with Gasteiger partial charge in [-0.1, -0.05) is 31.2 Å². The fourth-order valence-corrected chi connectivity index (χ4v) is 2.18. The van der Waals surface area contributed by atoms with Crippen molar-refractivity contribution in [3.05, 3.63) is 42.1 Å². The molecule has 2 rings (SSSR count). The summed E-state index contributed by atoms with van der Waals surface area (Å²) in [6.45, 7) is 1.61. The van der Waals surface area contributed by atoms with Crippen molar-refractivity contribution >= 4 is 16.8 Å². The summed E-state index contributed by atoms with van der Waals surface area (Å²) in [4.78, 5) is 18.2. The summed E-state index contributed by atoms with van der Waals surface area (Å²) in [5, 5.41) is 19.6. The highest BCUT2D eigenvalue weighted by atomic mass is 16.3. The molecule has 0 spiro atoms. The Morgan fingerprint density at radius 3 is 2.52 bits per heavy atom. The number of aromatic nitrogens is 1. The average Bonchev–Trinajstić information content (AvgIpc) is 2.53. The molecule has 0 atom stereocenters. The first-order chi connectivity index (χ1) is 9.99. The molecule has 112 valence electrons. The Balaban J connectivity index is 2.21. The van der Waals surface area contributed by atoms with E-state index in [0.717, 1.165) is 10.9 Å². The number of para-hydroxylation sites is 1. The van der Waals surface area contributed by atoms with Gasteiger partial charge in [0, 0.05) is 24.4 Å². The number of carbonyl (C=O) groups excluding carboxylic acids is 1. The van der Waals surface area contributed by atoms with E-state index in [-0.39, 0.29) is 25.7 Å². The number of hydrogen-bond acceptors (Lipinski definition) is 4. The number of pyridine rings is 1. The molecule has 0 radical (unpaired) electrons. The summed E-state index contributed by atoms with van der Waals surface area (Å²) in [5.74, 6) is -0.228. The summed E-state index contributed by atoms with van der Waals surface area (Å²) in [5.41, 5.74) is 0.402. The topological polar surface area (TPSA) is 73.7 Å². The van der Waals surface area contributed by atoms with Crippen molar-refractivity contribution in [1.29, 1.82) is 0 Å². The van der Waals surface area contributed by atoms with Crippen molar-refractivity contribution in [2.75, 3.05) is 26.8 Å². The van der Waals surface area contributed by atoms with Gasteiger partial charge in [-0.25, -0.2) is 4.98 Å². The van der Waals surface area contributed by atoms with Gasteiger partial charge in [0.1, 0.15) is 5.69 Å². The molecule has 1 heterocycles. The molecular weight excluding hydrogens is 268 g/mol. The van der Waals surface area contributed by atoms with Crippen LogP contribution in [-0.2, 0) is 0 Å². The molecule has 0 fully saturated rings. The van der Waals surface area contributed by atoms with E-state index >= 15 is 0 Å². The first kappa shape index (κ1) is 15.4. The van der Waals surface area contributed by atoms with Crippen LogP contribution in [0.4, 0.5) is 0 Å². The van der Waals surface area contributed by atoms with Crippen LogP contribution < -0.4 is 0 Å². The zero-order valence-corrected chi connectivity index (χ0v) is 12.3. The van der Waals surface area contributed by atoms with Crippen LogP contribution >= 0.6 is 0 Å². The maximum atomic E-state index is 12.4. The minimum atomic E-state index is -0.721. The minimum Gasteiger partial charge on any atom is -0.396 e. The number of aliphatic hydroxyl groups excluding tert-OH is 2. The Morgan fingerprint density at radius 1 is 1.19 bits per heavy atom. The zero-order chi connectivity index (χ0) is 15.5. The lowest BCUT2D eigenvalue weighted by Gasteiger charge is -2.30. The lowest BCUT2D eigenvalue weighted by molar-refractivity contribution is 0.0364. The van der Waals surface area contributed by atoms with Crippen molar-refractivity contribution < 1.29 is 15.0 Å². The molecule has 2 N–H and O–H groups in total. The summed E-state index contributed by atoms with van der Waals surface area (Å²) in [6.07, 6.45) is 0. The SMILES string of the molecule is CN(CC(C)(CO)CO)C(=O)c1ccc2ccccc2n1. The molecule has 1 aromatic heterocycles. The van der Waals surface area contributed by atoms with E-state index in [1.807, 2.05) is 30.3 Å². The maximum Gasteiger partial charge on any atom is 0.272 e. The Bertz CT molecular complexity index is 638. The molecule has 5 nitrogen and oxygen atoms in total. The molecule has 21 heavy (non-hydrogen) atoms. The minimum absolute atomic E-state index is 0.188. The summed E-state index contributed by atoms with van der Waals surface area (Å²) in [6, 6.07) is 11.1. The number of aliphatic hydroxyl groups is 2. The predicted octanol–water partition coefficient (Wildman–Crippen LogP) is 1.30.